The summed E-state index contributed by atoms with van der Waals surface area (Å²) < 4.78 is 0. The first-order valence-electron chi connectivity index (χ1n) is 8.30. The summed E-state index contributed by atoms with van der Waals surface area (Å²) in [6.07, 6.45) is 2.98. The maximum atomic E-state index is 12.7. The lowest BCUT2D eigenvalue weighted by molar-refractivity contribution is -0.150. The molecular weight excluding hydrogens is 292 g/mol. The monoisotopic (exact) mass is 318 g/mol. The van der Waals surface area contributed by atoms with Gasteiger partial charge in [-0.1, -0.05) is 44.0 Å². The molecule has 5 nitrogen and oxygen atoms in total. The topological polar surface area (TPSA) is 60.9 Å². The first-order valence-corrected chi connectivity index (χ1v) is 8.30. The van der Waals surface area contributed by atoms with Gasteiger partial charge >= 0.3 is 0 Å². The first-order chi connectivity index (χ1) is 11.1. The zero-order valence-corrected chi connectivity index (χ0v) is 14.0. The van der Waals surface area contributed by atoms with Crippen molar-refractivity contribution in [1.82, 2.24) is 9.80 Å². The van der Waals surface area contributed by atoms with Crippen LogP contribution in [0.4, 0.5) is 0 Å². The smallest absolute Gasteiger partial charge is 0.245 e. The predicted molar refractivity (Wildman–Crippen MR) is 88.7 cm³/mol. The van der Waals surface area contributed by atoms with Crippen LogP contribution in [0.2, 0.25) is 0 Å². The van der Waals surface area contributed by atoms with Crippen molar-refractivity contribution in [1.29, 1.82) is 0 Å². The molecule has 0 saturated carbocycles. The van der Waals surface area contributed by atoms with Gasteiger partial charge in [0.1, 0.15) is 6.04 Å². The molecule has 2 amide bonds. The van der Waals surface area contributed by atoms with Gasteiger partial charge in [0.25, 0.3) is 0 Å². The Balaban J connectivity index is 2.06. The fraction of sp³-hybridized carbons (Fsp3) is 0.556. The third-order valence-electron chi connectivity index (χ3n) is 4.43. The Kier molecular flexibility index (Phi) is 6.16. The molecule has 1 aromatic carbocycles. The van der Waals surface area contributed by atoms with Gasteiger partial charge in [-0.25, -0.2) is 0 Å². The zero-order chi connectivity index (χ0) is 16.8. The molecule has 1 atom stereocenters. The number of carbonyl (C=O) groups excluding carboxylic acids is 2. The highest BCUT2D eigenvalue weighted by Crippen LogP contribution is 2.18. The predicted octanol–water partition coefficient (Wildman–Crippen LogP) is 1.58. The van der Waals surface area contributed by atoms with Crippen LogP contribution < -0.4 is 0 Å². The summed E-state index contributed by atoms with van der Waals surface area (Å²) in [6.45, 7) is 3.28. The fourth-order valence-corrected chi connectivity index (χ4v) is 2.93. The van der Waals surface area contributed by atoms with Crippen molar-refractivity contribution in [3.8, 4) is 0 Å². The van der Waals surface area contributed by atoms with Crippen LogP contribution in [-0.4, -0.2) is 52.9 Å². The normalized spacial score (nSPS) is 18.4. The lowest BCUT2D eigenvalue weighted by Crippen LogP contribution is -2.57. The molecule has 1 heterocycles. The summed E-state index contributed by atoms with van der Waals surface area (Å²) in [6, 6.07) is 7.06. The third-order valence-corrected chi connectivity index (χ3v) is 4.43. The number of hydrogen-bond acceptors (Lipinski definition) is 3. The molecule has 1 aromatic rings. The Labute approximate surface area is 137 Å². The number of aliphatic hydroxyl groups excluding tert-OH is 1. The van der Waals surface area contributed by atoms with Crippen LogP contribution in [0, 0.1) is 0 Å². The highest BCUT2D eigenvalue weighted by atomic mass is 16.3. The second kappa shape index (κ2) is 8.11. The van der Waals surface area contributed by atoms with E-state index in [-0.39, 0.29) is 24.5 Å². The number of amides is 2. The average molecular weight is 318 g/mol. The summed E-state index contributed by atoms with van der Waals surface area (Å²) in [5.74, 6) is 0.0537. The van der Waals surface area contributed by atoms with E-state index in [1.807, 2.05) is 24.3 Å². The van der Waals surface area contributed by atoms with E-state index in [2.05, 4.69) is 6.92 Å². The number of nitrogens with zero attached hydrogens (tertiary/aromatic N) is 2. The minimum atomic E-state index is -0.321. The summed E-state index contributed by atoms with van der Waals surface area (Å²) in [4.78, 5) is 28.5. The van der Waals surface area contributed by atoms with Gasteiger partial charge in [0.15, 0.2) is 0 Å². The van der Waals surface area contributed by atoms with Gasteiger partial charge in [0.2, 0.25) is 11.8 Å². The number of piperazine rings is 1. The molecule has 0 aliphatic carbocycles. The van der Waals surface area contributed by atoms with Crippen LogP contribution in [0.5, 0.6) is 0 Å². The van der Waals surface area contributed by atoms with Gasteiger partial charge in [-0.2, -0.15) is 0 Å². The molecule has 1 saturated heterocycles. The molecule has 0 spiro atoms. The van der Waals surface area contributed by atoms with Gasteiger partial charge in [0.05, 0.1) is 13.0 Å². The van der Waals surface area contributed by atoms with Crippen LogP contribution in [-0.2, 0) is 22.6 Å². The van der Waals surface area contributed by atoms with E-state index >= 15 is 0 Å². The Hall–Kier alpha value is -1.88. The summed E-state index contributed by atoms with van der Waals surface area (Å²) in [5, 5.41) is 9.07. The van der Waals surface area contributed by atoms with E-state index in [9.17, 15) is 9.59 Å². The first kappa shape index (κ1) is 17.5. The van der Waals surface area contributed by atoms with Gasteiger partial charge in [-0.05, 0) is 17.5 Å². The van der Waals surface area contributed by atoms with E-state index < -0.39 is 0 Å². The lowest BCUT2D eigenvalue weighted by atomic mass is 10.0. The van der Waals surface area contributed by atoms with E-state index in [0.717, 1.165) is 30.4 Å². The Morgan fingerprint density at radius 3 is 2.48 bits per heavy atom. The molecular formula is C18H26N2O3. The number of rotatable bonds is 6. The Morgan fingerprint density at radius 2 is 1.87 bits per heavy atom. The van der Waals surface area contributed by atoms with Crippen molar-refractivity contribution in [2.45, 2.75) is 45.3 Å². The molecule has 0 aromatic heterocycles. The minimum Gasteiger partial charge on any atom is -0.392 e. The molecule has 126 valence electrons. The third kappa shape index (κ3) is 4.32. The molecule has 1 aliphatic heterocycles. The largest absolute Gasteiger partial charge is 0.392 e. The van der Waals surface area contributed by atoms with Crippen molar-refractivity contribution < 1.29 is 14.7 Å². The summed E-state index contributed by atoms with van der Waals surface area (Å²) in [5.41, 5.74) is 1.74. The number of benzene rings is 1. The van der Waals surface area contributed by atoms with Crippen molar-refractivity contribution in [3.05, 3.63) is 35.4 Å². The molecule has 23 heavy (non-hydrogen) atoms. The zero-order valence-electron chi connectivity index (χ0n) is 14.0. The Morgan fingerprint density at radius 1 is 1.22 bits per heavy atom. The highest BCUT2D eigenvalue weighted by Gasteiger charge is 2.35. The highest BCUT2D eigenvalue weighted by molar-refractivity contribution is 5.89. The minimum absolute atomic E-state index is 0.000278. The second-order valence-corrected chi connectivity index (χ2v) is 6.16. The van der Waals surface area contributed by atoms with E-state index in [1.54, 1.807) is 16.8 Å². The van der Waals surface area contributed by atoms with Gasteiger partial charge in [0, 0.05) is 20.1 Å². The van der Waals surface area contributed by atoms with Crippen molar-refractivity contribution in [3.63, 3.8) is 0 Å². The average Bonchev–Trinajstić information content (AvgIpc) is 2.56. The van der Waals surface area contributed by atoms with E-state index in [1.165, 1.54) is 0 Å². The van der Waals surface area contributed by atoms with Crippen LogP contribution in [0.1, 0.15) is 37.3 Å². The van der Waals surface area contributed by atoms with E-state index in [0.29, 0.717) is 19.5 Å². The van der Waals surface area contributed by atoms with Crippen LogP contribution >= 0.6 is 0 Å². The Bertz CT molecular complexity index is 542. The standard InChI is InChI=1S/C18H26N2O3/c1-3-4-5-16-18(23)19(2)10-11-20(16)17(22)12-14-6-8-15(13-21)9-7-14/h6-9,16,21H,3-5,10-13H2,1-2H3/t16-/m1/s1. The molecule has 1 N–H and O–H groups in total. The van der Waals surface area contributed by atoms with Crippen LogP contribution in [0.25, 0.3) is 0 Å². The van der Waals surface area contributed by atoms with Gasteiger partial charge in [-0.3, -0.25) is 9.59 Å². The maximum Gasteiger partial charge on any atom is 0.245 e. The van der Waals surface area contributed by atoms with Crippen molar-refractivity contribution >= 4 is 11.8 Å². The number of aliphatic hydroxyl groups is 1. The molecule has 0 bridgehead atoms. The van der Waals surface area contributed by atoms with Crippen LogP contribution in [0.3, 0.4) is 0 Å². The van der Waals surface area contributed by atoms with Gasteiger partial charge < -0.3 is 14.9 Å². The number of likely N-dealkylation sites (N-methyl/N-ethyl adjacent to an activating group) is 1. The van der Waals surface area contributed by atoms with Crippen molar-refractivity contribution in [2.75, 3.05) is 20.1 Å². The quantitative estimate of drug-likeness (QED) is 0.866. The number of unbranched alkanes of at least 4 members (excludes halogenated alkanes) is 1. The molecule has 5 heteroatoms. The van der Waals surface area contributed by atoms with Crippen molar-refractivity contribution in [2.24, 2.45) is 0 Å². The summed E-state index contributed by atoms with van der Waals surface area (Å²) >= 11 is 0. The molecule has 1 fully saturated rings. The molecule has 2 rings (SSSR count). The maximum absolute atomic E-state index is 12.7. The van der Waals surface area contributed by atoms with Gasteiger partial charge in [-0.15, -0.1) is 0 Å². The number of hydrogen-bond donors (Lipinski definition) is 1. The molecule has 0 radical (unpaired) electrons. The van der Waals surface area contributed by atoms with Crippen LogP contribution in [0.15, 0.2) is 24.3 Å². The summed E-state index contributed by atoms with van der Waals surface area (Å²) in [7, 11) is 1.80. The fourth-order valence-electron chi connectivity index (χ4n) is 2.93. The SMILES string of the molecule is CCCC[C@@H]1C(=O)N(C)CCN1C(=O)Cc1ccc(CO)cc1. The lowest BCUT2D eigenvalue weighted by Gasteiger charge is -2.39. The molecule has 0 unspecified atom stereocenters. The van der Waals surface area contributed by atoms with E-state index in [4.69, 9.17) is 5.11 Å². The number of carbonyl (C=O) groups is 2. The second-order valence-electron chi connectivity index (χ2n) is 6.16. The molecule has 1 aliphatic rings.